The average molecular weight is 665 g/mol. The molecule has 0 saturated carbocycles. The van der Waals surface area contributed by atoms with Crippen molar-refractivity contribution in [3.8, 4) is 78.9 Å². The lowest BCUT2D eigenvalue weighted by molar-refractivity contribution is 1.07. The molecule has 0 aliphatic carbocycles. The van der Waals surface area contributed by atoms with Crippen LogP contribution in [0, 0.1) is 0 Å². The lowest BCUT2D eigenvalue weighted by atomic mass is 9.92. The van der Waals surface area contributed by atoms with Crippen molar-refractivity contribution in [3.63, 3.8) is 0 Å². The zero-order chi connectivity index (χ0) is 34.7. The normalized spacial score (nSPS) is 11.1. The predicted octanol–water partition coefficient (Wildman–Crippen LogP) is 12.1. The van der Waals surface area contributed by atoms with E-state index in [1.165, 1.54) is 5.39 Å². The Morgan fingerprint density at radius 1 is 0.231 bits per heavy atom. The Labute approximate surface area is 302 Å². The first-order valence-corrected chi connectivity index (χ1v) is 17.4. The molecule has 0 bridgehead atoms. The number of pyridine rings is 1. The molecule has 0 atom stereocenters. The lowest BCUT2D eigenvalue weighted by Gasteiger charge is -2.15. The van der Waals surface area contributed by atoms with Gasteiger partial charge in [0.05, 0.1) is 11.4 Å². The molecule has 9 aromatic rings. The van der Waals surface area contributed by atoms with Gasteiger partial charge in [0.15, 0.2) is 17.5 Å². The van der Waals surface area contributed by atoms with Crippen molar-refractivity contribution in [2.75, 3.05) is 0 Å². The van der Waals surface area contributed by atoms with Crippen molar-refractivity contribution in [2.24, 2.45) is 0 Å². The molecule has 52 heavy (non-hydrogen) atoms. The summed E-state index contributed by atoms with van der Waals surface area (Å²) < 4.78 is 0. The summed E-state index contributed by atoms with van der Waals surface area (Å²) in [5.74, 6) is 1.93. The van der Waals surface area contributed by atoms with Crippen LogP contribution < -0.4 is 0 Å². The summed E-state index contributed by atoms with van der Waals surface area (Å²) in [6, 6.07) is 67.0. The SMILES string of the molecule is c1ccc(-c2cc(-c3ccccc3)nc(-c3ccc(-c4ccc(-c5nc(-c6ccccc6)nc(-c6ccccc6)n5)cc4)c4ccccc34)c2)cc1. The van der Waals surface area contributed by atoms with Crippen LogP contribution in [-0.2, 0) is 0 Å². The van der Waals surface area contributed by atoms with Crippen molar-refractivity contribution in [1.82, 2.24) is 19.9 Å². The Hall–Kier alpha value is -7.04. The van der Waals surface area contributed by atoms with E-state index >= 15 is 0 Å². The molecule has 4 nitrogen and oxygen atoms in total. The first-order valence-electron chi connectivity index (χ1n) is 17.4. The molecule has 0 spiro atoms. The van der Waals surface area contributed by atoms with Crippen molar-refractivity contribution < 1.29 is 0 Å². The average Bonchev–Trinajstić information content (AvgIpc) is 3.24. The van der Waals surface area contributed by atoms with Gasteiger partial charge in [-0.25, -0.2) is 19.9 Å². The third-order valence-corrected chi connectivity index (χ3v) is 9.36. The molecule has 0 amide bonds. The summed E-state index contributed by atoms with van der Waals surface area (Å²) in [6.07, 6.45) is 0. The van der Waals surface area contributed by atoms with E-state index in [0.717, 1.165) is 66.8 Å². The number of nitrogens with zero attached hydrogens (tertiary/aromatic N) is 4. The summed E-state index contributed by atoms with van der Waals surface area (Å²) in [4.78, 5) is 19.9. The fourth-order valence-electron chi connectivity index (χ4n) is 6.73. The molecule has 0 aliphatic heterocycles. The monoisotopic (exact) mass is 664 g/mol. The summed E-state index contributed by atoms with van der Waals surface area (Å²) in [5, 5.41) is 2.32. The van der Waals surface area contributed by atoms with E-state index in [2.05, 4.69) is 127 Å². The highest BCUT2D eigenvalue weighted by Crippen LogP contribution is 2.38. The minimum absolute atomic E-state index is 0.637. The fraction of sp³-hybridized carbons (Fsp3) is 0. The van der Waals surface area contributed by atoms with E-state index in [1.807, 2.05) is 66.7 Å². The minimum Gasteiger partial charge on any atom is -0.248 e. The predicted molar refractivity (Wildman–Crippen MR) is 213 cm³/mol. The molecule has 2 heterocycles. The third kappa shape index (κ3) is 6.14. The van der Waals surface area contributed by atoms with Gasteiger partial charge in [0, 0.05) is 27.8 Å². The van der Waals surface area contributed by atoms with Crippen LogP contribution in [0.25, 0.3) is 89.7 Å². The van der Waals surface area contributed by atoms with Crippen LogP contribution >= 0.6 is 0 Å². The van der Waals surface area contributed by atoms with Gasteiger partial charge in [0.1, 0.15) is 0 Å². The van der Waals surface area contributed by atoms with Crippen LogP contribution in [0.2, 0.25) is 0 Å². The number of aromatic nitrogens is 4. The van der Waals surface area contributed by atoms with Gasteiger partial charge in [-0.1, -0.05) is 182 Å². The number of fused-ring (bicyclic) bond motifs is 1. The van der Waals surface area contributed by atoms with Gasteiger partial charge in [-0.05, 0) is 45.2 Å². The molecule has 0 radical (unpaired) electrons. The number of benzene rings is 7. The molecule has 0 N–H and O–H groups in total. The smallest absolute Gasteiger partial charge is 0.164 e. The van der Waals surface area contributed by atoms with Gasteiger partial charge < -0.3 is 0 Å². The number of rotatable bonds is 7. The zero-order valence-corrected chi connectivity index (χ0v) is 28.3. The molecule has 244 valence electrons. The first-order chi connectivity index (χ1) is 25.8. The molecular weight excluding hydrogens is 633 g/mol. The van der Waals surface area contributed by atoms with Gasteiger partial charge >= 0.3 is 0 Å². The maximum atomic E-state index is 5.24. The van der Waals surface area contributed by atoms with Crippen molar-refractivity contribution in [3.05, 3.63) is 194 Å². The first kappa shape index (κ1) is 31.0. The summed E-state index contributed by atoms with van der Waals surface area (Å²) in [7, 11) is 0. The molecule has 0 fully saturated rings. The maximum absolute atomic E-state index is 5.24. The van der Waals surface area contributed by atoms with E-state index in [0.29, 0.717) is 17.5 Å². The Morgan fingerprint density at radius 3 is 1.15 bits per heavy atom. The molecule has 4 heteroatoms. The second-order valence-corrected chi connectivity index (χ2v) is 12.7. The van der Waals surface area contributed by atoms with Gasteiger partial charge in [-0.2, -0.15) is 0 Å². The molecule has 0 aliphatic rings. The minimum atomic E-state index is 0.637. The lowest BCUT2D eigenvalue weighted by Crippen LogP contribution is -2.00. The molecule has 2 aromatic heterocycles. The maximum Gasteiger partial charge on any atom is 0.164 e. The summed E-state index contributed by atoms with van der Waals surface area (Å²) >= 11 is 0. The van der Waals surface area contributed by atoms with Crippen LogP contribution in [0.1, 0.15) is 0 Å². The van der Waals surface area contributed by atoms with Crippen LogP contribution in [0.15, 0.2) is 194 Å². The van der Waals surface area contributed by atoms with Crippen molar-refractivity contribution in [2.45, 2.75) is 0 Å². The van der Waals surface area contributed by atoms with E-state index in [9.17, 15) is 0 Å². The topological polar surface area (TPSA) is 51.6 Å². The van der Waals surface area contributed by atoms with Gasteiger partial charge in [-0.3, -0.25) is 0 Å². The van der Waals surface area contributed by atoms with Crippen LogP contribution in [0.5, 0.6) is 0 Å². The zero-order valence-electron chi connectivity index (χ0n) is 28.3. The van der Waals surface area contributed by atoms with Gasteiger partial charge in [0.2, 0.25) is 0 Å². The Bertz CT molecular complexity index is 2530. The summed E-state index contributed by atoms with van der Waals surface area (Å²) in [5.41, 5.74) is 11.5. The van der Waals surface area contributed by atoms with Gasteiger partial charge in [0.25, 0.3) is 0 Å². The van der Waals surface area contributed by atoms with E-state index in [-0.39, 0.29) is 0 Å². The number of hydrogen-bond donors (Lipinski definition) is 0. The Kier molecular flexibility index (Phi) is 8.16. The molecule has 0 saturated heterocycles. The third-order valence-electron chi connectivity index (χ3n) is 9.36. The van der Waals surface area contributed by atoms with Crippen LogP contribution in [0.4, 0.5) is 0 Å². The molecule has 9 rings (SSSR count). The van der Waals surface area contributed by atoms with E-state index in [4.69, 9.17) is 19.9 Å². The van der Waals surface area contributed by atoms with E-state index in [1.54, 1.807) is 0 Å². The quantitative estimate of drug-likeness (QED) is 0.170. The standard InChI is InChI=1S/C48H32N4/c1-5-15-33(16-6-1)39-31-44(35-17-7-2-8-18-35)49-45(32-39)43-30-29-40(41-23-13-14-24-42(41)43)34-25-27-38(28-26-34)48-51-46(36-19-9-3-10-20-36)50-47(52-48)37-21-11-4-12-22-37/h1-32H. The molecule has 0 unspecified atom stereocenters. The fourth-order valence-corrected chi connectivity index (χ4v) is 6.73. The Morgan fingerprint density at radius 2 is 0.615 bits per heavy atom. The molecule has 7 aromatic carbocycles. The van der Waals surface area contributed by atoms with E-state index < -0.39 is 0 Å². The number of hydrogen-bond acceptors (Lipinski definition) is 4. The molecular formula is C48H32N4. The highest BCUT2D eigenvalue weighted by atomic mass is 15.0. The summed E-state index contributed by atoms with van der Waals surface area (Å²) in [6.45, 7) is 0. The van der Waals surface area contributed by atoms with Crippen LogP contribution in [-0.4, -0.2) is 19.9 Å². The largest absolute Gasteiger partial charge is 0.248 e. The highest BCUT2D eigenvalue weighted by Gasteiger charge is 2.16. The second kappa shape index (κ2) is 13.7. The second-order valence-electron chi connectivity index (χ2n) is 12.7. The van der Waals surface area contributed by atoms with Crippen LogP contribution in [0.3, 0.4) is 0 Å². The Balaban J connectivity index is 1.13. The highest BCUT2D eigenvalue weighted by molar-refractivity contribution is 6.05. The van der Waals surface area contributed by atoms with Gasteiger partial charge in [-0.15, -0.1) is 0 Å². The van der Waals surface area contributed by atoms with Crippen molar-refractivity contribution >= 4 is 10.8 Å². The van der Waals surface area contributed by atoms with Crippen molar-refractivity contribution in [1.29, 1.82) is 0 Å².